The van der Waals surface area contributed by atoms with Crippen LogP contribution >= 0.6 is 0 Å². The van der Waals surface area contributed by atoms with E-state index in [1.807, 2.05) is 54.9 Å². The number of hydrogen-bond acceptors (Lipinski definition) is 3. The summed E-state index contributed by atoms with van der Waals surface area (Å²) in [5.74, 6) is 0.850. The minimum Gasteiger partial charge on any atom is -0.337 e. The third-order valence-electron chi connectivity index (χ3n) is 4.11. The summed E-state index contributed by atoms with van der Waals surface area (Å²) < 4.78 is 0. The van der Waals surface area contributed by atoms with Crippen LogP contribution in [0.5, 0.6) is 0 Å². The Morgan fingerprint density at radius 3 is 2.61 bits per heavy atom. The average Bonchev–Trinajstić information content (AvgIpc) is 3.06. The van der Waals surface area contributed by atoms with Gasteiger partial charge >= 0.3 is 0 Å². The molecule has 0 aliphatic heterocycles. The fourth-order valence-corrected chi connectivity index (χ4v) is 3.02. The van der Waals surface area contributed by atoms with Crippen molar-refractivity contribution in [3.8, 4) is 11.4 Å². The molecule has 5 rings (SSSR count). The summed E-state index contributed by atoms with van der Waals surface area (Å²) in [6.45, 7) is 0. The molecular formula is C19H12N4. The Morgan fingerprint density at radius 1 is 0.783 bits per heavy atom. The second kappa shape index (κ2) is 4.61. The number of nitrogens with one attached hydrogen (secondary N) is 1. The quantitative estimate of drug-likeness (QED) is 0.468. The average molecular weight is 296 g/mol. The van der Waals surface area contributed by atoms with Gasteiger partial charge in [-0.05, 0) is 12.1 Å². The zero-order chi connectivity index (χ0) is 15.2. The molecule has 0 saturated carbocycles. The fourth-order valence-electron chi connectivity index (χ4n) is 3.02. The zero-order valence-corrected chi connectivity index (χ0v) is 12.2. The van der Waals surface area contributed by atoms with E-state index in [1.54, 1.807) is 0 Å². The molecule has 0 saturated heterocycles. The normalized spacial score (nSPS) is 11.5. The van der Waals surface area contributed by atoms with Crippen LogP contribution in [0.15, 0.2) is 67.0 Å². The van der Waals surface area contributed by atoms with Crippen molar-refractivity contribution in [2.24, 2.45) is 0 Å². The van der Waals surface area contributed by atoms with Gasteiger partial charge in [-0.2, -0.15) is 0 Å². The first-order valence-corrected chi connectivity index (χ1v) is 7.48. The van der Waals surface area contributed by atoms with Gasteiger partial charge in [0.15, 0.2) is 0 Å². The van der Waals surface area contributed by atoms with Crippen molar-refractivity contribution in [3.05, 3.63) is 67.0 Å². The highest BCUT2D eigenvalue weighted by atomic mass is 14.9. The van der Waals surface area contributed by atoms with Crippen molar-refractivity contribution in [1.29, 1.82) is 0 Å². The number of aromatic nitrogens is 4. The molecule has 108 valence electrons. The van der Waals surface area contributed by atoms with Crippen LogP contribution in [0.4, 0.5) is 0 Å². The second-order valence-electron chi connectivity index (χ2n) is 5.50. The van der Waals surface area contributed by atoms with E-state index < -0.39 is 0 Å². The van der Waals surface area contributed by atoms with Crippen molar-refractivity contribution < 1.29 is 0 Å². The maximum Gasteiger partial charge on any atom is 0.138 e. The van der Waals surface area contributed by atoms with E-state index in [1.165, 1.54) is 0 Å². The highest BCUT2D eigenvalue weighted by Gasteiger charge is 2.12. The summed E-state index contributed by atoms with van der Waals surface area (Å²) in [6.07, 6.45) is 3.63. The molecule has 0 radical (unpaired) electrons. The summed E-state index contributed by atoms with van der Waals surface area (Å²) >= 11 is 0. The Labute approximate surface area is 131 Å². The maximum atomic E-state index is 4.69. The fraction of sp³-hybridized carbons (Fsp3) is 0. The highest BCUT2D eigenvalue weighted by Crippen LogP contribution is 2.30. The number of hydrogen-bond donors (Lipinski definition) is 1. The first-order chi connectivity index (χ1) is 11.4. The van der Waals surface area contributed by atoms with Crippen LogP contribution in [0.2, 0.25) is 0 Å². The lowest BCUT2D eigenvalue weighted by molar-refractivity contribution is 1.33. The molecule has 23 heavy (non-hydrogen) atoms. The lowest BCUT2D eigenvalue weighted by Gasteiger charge is -2.02. The third kappa shape index (κ3) is 1.82. The predicted molar refractivity (Wildman–Crippen MR) is 92.1 cm³/mol. The van der Waals surface area contributed by atoms with Crippen LogP contribution < -0.4 is 0 Å². The number of fused-ring (bicyclic) bond motifs is 5. The van der Waals surface area contributed by atoms with Crippen LogP contribution in [0, 0.1) is 0 Å². The number of nitrogens with zero attached hydrogens (tertiary/aromatic N) is 3. The van der Waals surface area contributed by atoms with E-state index in [4.69, 9.17) is 4.98 Å². The van der Waals surface area contributed by atoms with E-state index in [0.29, 0.717) is 0 Å². The molecule has 5 aromatic rings. The molecular weight excluding hydrogens is 284 g/mol. The summed E-state index contributed by atoms with van der Waals surface area (Å²) in [7, 11) is 0. The monoisotopic (exact) mass is 296 g/mol. The topological polar surface area (TPSA) is 54.5 Å². The summed E-state index contributed by atoms with van der Waals surface area (Å²) in [5.41, 5.74) is 4.77. The second-order valence-corrected chi connectivity index (χ2v) is 5.50. The summed E-state index contributed by atoms with van der Waals surface area (Å²) in [6, 6.07) is 18.2. The van der Waals surface area contributed by atoms with E-state index in [-0.39, 0.29) is 0 Å². The van der Waals surface area contributed by atoms with Crippen LogP contribution in [-0.2, 0) is 0 Å². The minimum absolute atomic E-state index is 0.850. The molecule has 0 amide bonds. The number of H-pyrrole nitrogens is 1. The molecule has 4 nitrogen and oxygen atoms in total. The molecule has 0 atom stereocenters. The van der Waals surface area contributed by atoms with Gasteiger partial charge in [-0.3, -0.25) is 9.97 Å². The van der Waals surface area contributed by atoms with Crippen molar-refractivity contribution in [2.75, 3.05) is 0 Å². The molecule has 0 bridgehead atoms. The van der Waals surface area contributed by atoms with Gasteiger partial charge < -0.3 is 4.98 Å². The van der Waals surface area contributed by atoms with E-state index in [2.05, 4.69) is 27.1 Å². The smallest absolute Gasteiger partial charge is 0.138 e. The summed E-state index contributed by atoms with van der Waals surface area (Å²) in [4.78, 5) is 17.2. The standard InChI is InChI=1S/C19H12N4/c1-2-5-13(6-3-1)19-22-15-11-21-14-9-8-12-7-4-10-20-17(12)16(14)18(15)23-19/h1-11H,(H,22,23). The molecule has 2 aromatic carbocycles. The SMILES string of the molecule is c1ccc(-c2nc3cnc4ccc5cccnc5c4c3[nH]2)cc1. The van der Waals surface area contributed by atoms with Gasteiger partial charge in [-0.15, -0.1) is 0 Å². The first kappa shape index (κ1) is 12.3. The molecule has 0 spiro atoms. The number of benzene rings is 2. The van der Waals surface area contributed by atoms with Crippen LogP contribution in [0.25, 0.3) is 44.2 Å². The maximum absolute atomic E-state index is 4.69. The Hall–Kier alpha value is -3.27. The third-order valence-corrected chi connectivity index (χ3v) is 4.11. The van der Waals surface area contributed by atoms with Crippen LogP contribution in [-0.4, -0.2) is 19.9 Å². The number of rotatable bonds is 1. The van der Waals surface area contributed by atoms with Crippen molar-refractivity contribution >= 4 is 32.8 Å². The first-order valence-electron chi connectivity index (χ1n) is 7.48. The van der Waals surface area contributed by atoms with E-state index >= 15 is 0 Å². The van der Waals surface area contributed by atoms with Gasteiger partial charge in [-0.25, -0.2) is 4.98 Å². The van der Waals surface area contributed by atoms with E-state index in [0.717, 1.165) is 44.2 Å². The Bertz CT molecular complexity index is 1160. The van der Waals surface area contributed by atoms with Gasteiger partial charge in [0.2, 0.25) is 0 Å². The molecule has 0 aliphatic carbocycles. The predicted octanol–water partition coefficient (Wildman–Crippen LogP) is 4.33. The molecule has 4 heteroatoms. The van der Waals surface area contributed by atoms with Gasteiger partial charge in [-0.1, -0.05) is 42.5 Å². The molecule has 0 unspecified atom stereocenters. The molecule has 1 N–H and O–H groups in total. The van der Waals surface area contributed by atoms with Gasteiger partial charge in [0.25, 0.3) is 0 Å². The molecule has 0 fully saturated rings. The lowest BCUT2D eigenvalue weighted by Crippen LogP contribution is -1.85. The summed E-state index contributed by atoms with van der Waals surface area (Å²) in [5, 5.41) is 2.13. The van der Waals surface area contributed by atoms with Crippen molar-refractivity contribution in [3.63, 3.8) is 0 Å². The molecule has 3 heterocycles. The van der Waals surface area contributed by atoms with Crippen molar-refractivity contribution in [1.82, 2.24) is 19.9 Å². The van der Waals surface area contributed by atoms with Gasteiger partial charge in [0.1, 0.15) is 11.3 Å². The Balaban J connectivity index is 1.92. The van der Waals surface area contributed by atoms with Gasteiger partial charge in [0.05, 0.1) is 28.1 Å². The van der Waals surface area contributed by atoms with Crippen molar-refractivity contribution in [2.45, 2.75) is 0 Å². The number of pyridine rings is 2. The van der Waals surface area contributed by atoms with E-state index in [9.17, 15) is 0 Å². The van der Waals surface area contributed by atoms with Crippen LogP contribution in [0.1, 0.15) is 0 Å². The largest absolute Gasteiger partial charge is 0.337 e. The molecule has 0 aliphatic rings. The van der Waals surface area contributed by atoms with Crippen LogP contribution in [0.3, 0.4) is 0 Å². The lowest BCUT2D eigenvalue weighted by atomic mass is 10.1. The Morgan fingerprint density at radius 2 is 1.70 bits per heavy atom. The zero-order valence-electron chi connectivity index (χ0n) is 12.2. The number of imidazole rings is 1. The highest BCUT2D eigenvalue weighted by molar-refractivity contribution is 6.15. The number of aromatic amines is 1. The minimum atomic E-state index is 0.850. The Kier molecular flexibility index (Phi) is 2.46. The molecule has 3 aromatic heterocycles. The van der Waals surface area contributed by atoms with Gasteiger partial charge in [0, 0.05) is 17.1 Å².